The van der Waals surface area contributed by atoms with Gasteiger partial charge in [0.05, 0.1) is 25.2 Å². The van der Waals surface area contributed by atoms with E-state index in [9.17, 15) is 9.59 Å². The van der Waals surface area contributed by atoms with Crippen molar-refractivity contribution in [3.63, 3.8) is 0 Å². The molecule has 2 aromatic rings. The first-order valence-electron chi connectivity index (χ1n) is 7.81. The average Bonchev–Trinajstić information content (AvgIpc) is 2.59. The van der Waals surface area contributed by atoms with Gasteiger partial charge in [0.2, 0.25) is 11.8 Å². The molecule has 0 bridgehead atoms. The molecule has 0 aliphatic heterocycles. The van der Waals surface area contributed by atoms with Crippen molar-refractivity contribution in [1.82, 2.24) is 15.0 Å². The molecule has 0 fully saturated rings. The zero-order valence-corrected chi connectivity index (χ0v) is 14.7. The molecule has 2 heterocycles. The molecule has 10 nitrogen and oxygen atoms in total. The monoisotopic (exact) mass is 359 g/mol. The fraction of sp³-hybridized carbons (Fsp3) is 0.312. The number of anilines is 3. The van der Waals surface area contributed by atoms with Gasteiger partial charge in [-0.2, -0.15) is 0 Å². The maximum atomic E-state index is 11.6. The Balaban J connectivity index is 2.32. The highest BCUT2D eigenvalue weighted by Gasteiger charge is 2.21. The fourth-order valence-corrected chi connectivity index (χ4v) is 2.16. The number of nitrogens with zero attached hydrogens (tertiary/aromatic N) is 3. The van der Waals surface area contributed by atoms with Crippen molar-refractivity contribution >= 4 is 29.1 Å². The quantitative estimate of drug-likeness (QED) is 0.534. The van der Waals surface area contributed by atoms with Crippen LogP contribution in [0.2, 0.25) is 0 Å². The van der Waals surface area contributed by atoms with E-state index in [-0.39, 0.29) is 23.2 Å². The Hall–Kier alpha value is -3.43. The maximum absolute atomic E-state index is 11.6. The number of amides is 2. The second kappa shape index (κ2) is 8.10. The SMILES string of the molecule is COc1ccc(Nc2nc(NC(C(N)=O)C(C)C)cnc2C(N)=O)cn1. The lowest BCUT2D eigenvalue weighted by atomic mass is 10.0. The third-order valence-electron chi connectivity index (χ3n) is 3.49. The van der Waals surface area contributed by atoms with Crippen LogP contribution in [0.4, 0.5) is 17.3 Å². The van der Waals surface area contributed by atoms with Gasteiger partial charge in [0.1, 0.15) is 11.9 Å². The van der Waals surface area contributed by atoms with Gasteiger partial charge in [0.25, 0.3) is 5.91 Å². The van der Waals surface area contributed by atoms with Crippen molar-refractivity contribution < 1.29 is 14.3 Å². The van der Waals surface area contributed by atoms with Crippen LogP contribution in [-0.4, -0.2) is 39.9 Å². The molecule has 2 aromatic heterocycles. The van der Waals surface area contributed by atoms with E-state index < -0.39 is 17.9 Å². The molecular formula is C16H21N7O3. The normalized spacial score (nSPS) is 11.7. The molecule has 1 unspecified atom stereocenters. The van der Waals surface area contributed by atoms with Crippen LogP contribution in [0.3, 0.4) is 0 Å². The molecule has 26 heavy (non-hydrogen) atoms. The lowest BCUT2D eigenvalue weighted by Crippen LogP contribution is -2.39. The van der Waals surface area contributed by atoms with Crippen molar-refractivity contribution in [2.45, 2.75) is 19.9 Å². The molecule has 0 saturated heterocycles. The van der Waals surface area contributed by atoms with E-state index in [2.05, 4.69) is 25.6 Å². The van der Waals surface area contributed by atoms with Crippen LogP contribution in [0.25, 0.3) is 0 Å². The number of hydrogen-bond donors (Lipinski definition) is 4. The van der Waals surface area contributed by atoms with Crippen molar-refractivity contribution in [3.05, 3.63) is 30.2 Å². The molecule has 2 amide bonds. The van der Waals surface area contributed by atoms with Crippen LogP contribution in [0.5, 0.6) is 5.88 Å². The molecule has 2 rings (SSSR count). The lowest BCUT2D eigenvalue weighted by Gasteiger charge is -2.20. The number of primary amides is 2. The molecule has 0 radical (unpaired) electrons. The van der Waals surface area contributed by atoms with Crippen molar-refractivity contribution in [1.29, 1.82) is 0 Å². The van der Waals surface area contributed by atoms with Gasteiger partial charge in [-0.3, -0.25) is 9.59 Å². The Morgan fingerprint density at radius 1 is 1.15 bits per heavy atom. The number of rotatable bonds is 8. The molecule has 0 aliphatic rings. The highest BCUT2D eigenvalue weighted by molar-refractivity contribution is 5.96. The van der Waals surface area contributed by atoms with Gasteiger partial charge in [-0.1, -0.05) is 13.8 Å². The molecule has 138 valence electrons. The summed E-state index contributed by atoms with van der Waals surface area (Å²) in [6.45, 7) is 3.69. The largest absolute Gasteiger partial charge is 0.481 e. The number of nitrogens with one attached hydrogen (secondary N) is 2. The van der Waals surface area contributed by atoms with E-state index in [0.717, 1.165) is 0 Å². The van der Waals surface area contributed by atoms with Gasteiger partial charge in [0.15, 0.2) is 11.5 Å². The van der Waals surface area contributed by atoms with Gasteiger partial charge in [-0.25, -0.2) is 15.0 Å². The van der Waals surface area contributed by atoms with Gasteiger partial charge < -0.3 is 26.8 Å². The summed E-state index contributed by atoms with van der Waals surface area (Å²) in [5, 5.41) is 5.84. The fourth-order valence-electron chi connectivity index (χ4n) is 2.16. The smallest absolute Gasteiger partial charge is 0.271 e. The molecule has 0 saturated carbocycles. The predicted molar refractivity (Wildman–Crippen MR) is 96.1 cm³/mol. The third kappa shape index (κ3) is 4.56. The van der Waals surface area contributed by atoms with Crippen LogP contribution < -0.4 is 26.8 Å². The van der Waals surface area contributed by atoms with E-state index in [1.807, 2.05) is 13.8 Å². The zero-order chi connectivity index (χ0) is 19.3. The van der Waals surface area contributed by atoms with Gasteiger partial charge in [0, 0.05) is 6.07 Å². The number of ether oxygens (including phenoxy) is 1. The number of carbonyl (C=O) groups excluding carboxylic acids is 2. The second-order valence-corrected chi connectivity index (χ2v) is 5.80. The third-order valence-corrected chi connectivity index (χ3v) is 3.49. The summed E-state index contributed by atoms with van der Waals surface area (Å²) < 4.78 is 4.99. The Bertz CT molecular complexity index is 793. The summed E-state index contributed by atoms with van der Waals surface area (Å²) in [6, 6.07) is 2.70. The van der Waals surface area contributed by atoms with Crippen molar-refractivity contribution in [2.75, 3.05) is 17.7 Å². The summed E-state index contributed by atoms with van der Waals surface area (Å²) in [4.78, 5) is 35.5. The molecule has 1 atom stereocenters. The average molecular weight is 359 g/mol. The van der Waals surface area contributed by atoms with Crippen LogP contribution in [0.15, 0.2) is 24.5 Å². The first-order chi connectivity index (χ1) is 12.3. The van der Waals surface area contributed by atoms with Crippen molar-refractivity contribution in [3.8, 4) is 5.88 Å². The number of nitrogens with two attached hydrogens (primary N) is 2. The number of hydrogen-bond acceptors (Lipinski definition) is 8. The second-order valence-electron chi connectivity index (χ2n) is 5.80. The lowest BCUT2D eigenvalue weighted by molar-refractivity contribution is -0.119. The van der Waals surface area contributed by atoms with Gasteiger partial charge in [-0.05, 0) is 12.0 Å². The number of aromatic nitrogens is 3. The Morgan fingerprint density at radius 2 is 1.88 bits per heavy atom. The van der Waals surface area contributed by atoms with E-state index in [1.165, 1.54) is 19.5 Å². The predicted octanol–water partition coefficient (Wildman–Crippen LogP) is 0.645. The Labute approximate surface area is 150 Å². The first kappa shape index (κ1) is 18.9. The van der Waals surface area contributed by atoms with Crippen molar-refractivity contribution in [2.24, 2.45) is 17.4 Å². The molecule has 0 spiro atoms. The standard InChI is InChI=1S/C16H21N7O3/c1-8(2)12(14(17)24)22-10-7-20-13(15(18)25)16(23-10)21-9-4-5-11(26-3)19-6-9/h4-8,12H,1-3H3,(H2,17,24)(H2,18,25)(H2,21,22,23). The Kier molecular flexibility index (Phi) is 5.89. The molecular weight excluding hydrogens is 338 g/mol. The number of carbonyl (C=O) groups is 2. The van der Waals surface area contributed by atoms with Crippen LogP contribution in [-0.2, 0) is 4.79 Å². The van der Waals surface area contributed by atoms with Gasteiger partial charge in [-0.15, -0.1) is 0 Å². The summed E-state index contributed by atoms with van der Waals surface area (Å²) in [6.07, 6.45) is 2.82. The topological polar surface area (TPSA) is 158 Å². The van der Waals surface area contributed by atoms with Crippen LogP contribution >= 0.6 is 0 Å². The Morgan fingerprint density at radius 3 is 2.38 bits per heavy atom. The minimum absolute atomic E-state index is 0.0495. The molecule has 10 heteroatoms. The summed E-state index contributed by atoms with van der Waals surface area (Å²) >= 11 is 0. The molecule has 0 aliphatic carbocycles. The molecule has 0 aromatic carbocycles. The summed E-state index contributed by atoms with van der Waals surface area (Å²) in [5.41, 5.74) is 11.2. The van der Waals surface area contributed by atoms with E-state index in [1.54, 1.807) is 12.1 Å². The zero-order valence-electron chi connectivity index (χ0n) is 14.7. The van der Waals surface area contributed by atoms with Crippen LogP contribution in [0.1, 0.15) is 24.3 Å². The highest BCUT2D eigenvalue weighted by atomic mass is 16.5. The maximum Gasteiger partial charge on any atom is 0.271 e. The van der Waals surface area contributed by atoms with E-state index >= 15 is 0 Å². The highest BCUT2D eigenvalue weighted by Crippen LogP contribution is 2.21. The summed E-state index contributed by atoms with van der Waals surface area (Å²) in [5.74, 6) is -0.489. The minimum atomic E-state index is -0.747. The first-order valence-corrected chi connectivity index (χ1v) is 7.81. The van der Waals surface area contributed by atoms with Crippen LogP contribution in [0, 0.1) is 5.92 Å². The van der Waals surface area contributed by atoms with E-state index in [4.69, 9.17) is 16.2 Å². The minimum Gasteiger partial charge on any atom is -0.481 e. The number of pyridine rings is 1. The number of methoxy groups -OCH3 is 1. The molecule has 6 N–H and O–H groups in total. The summed E-state index contributed by atoms with van der Waals surface area (Å²) in [7, 11) is 1.51. The van der Waals surface area contributed by atoms with E-state index in [0.29, 0.717) is 11.6 Å². The van der Waals surface area contributed by atoms with Gasteiger partial charge >= 0.3 is 0 Å².